The smallest absolute Gasteiger partial charge is 0.420 e. The van der Waals surface area contributed by atoms with Crippen LogP contribution in [0.2, 0.25) is 0 Å². The SMILES string of the molecule is CCCCc1ccc2c(C(F)(F)F)c(OC)ccc2c1C(=O)N(C)CC(N)=O. The number of carbonyl (C=O) groups excluding carboxylic acids is 2. The van der Waals surface area contributed by atoms with Gasteiger partial charge in [-0.1, -0.05) is 25.5 Å². The maximum atomic E-state index is 13.7. The molecule has 0 fully saturated rings. The number of likely N-dealkylation sites (N-methyl/N-ethyl adjacent to an activating group) is 1. The van der Waals surface area contributed by atoms with Crippen LogP contribution in [-0.4, -0.2) is 37.4 Å². The first-order chi connectivity index (χ1) is 13.1. The van der Waals surface area contributed by atoms with Crippen molar-refractivity contribution < 1.29 is 27.5 Å². The van der Waals surface area contributed by atoms with Crippen molar-refractivity contribution >= 4 is 22.6 Å². The summed E-state index contributed by atoms with van der Waals surface area (Å²) in [5.74, 6) is -1.57. The second-order valence-corrected chi connectivity index (χ2v) is 6.57. The van der Waals surface area contributed by atoms with Crippen molar-refractivity contribution in [1.82, 2.24) is 4.90 Å². The Morgan fingerprint density at radius 2 is 1.79 bits per heavy atom. The zero-order chi connectivity index (χ0) is 21.1. The van der Waals surface area contributed by atoms with E-state index in [1.165, 1.54) is 38.4 Å². The fourth-order valence-corrected chi connectivity index (χ4v) is 3.22. The third kappa shape index (κ3) is 4.37. The van der Waals surface area contributed by atoms with Gasteiger partial charge >= 0.3 is 6.18 Å². The van der Waals surface area contributed by atoms with Crippen LogP contribution in [0.3, 0.4) is 0 Å². The second-order valence-electron chi connectivity index (χ2n) is 6.57. The van der Waals surface area contributed by atoms with E-state index in [9.17, 15) is 22.8 Å². The molecular formula is C20H23F3N2O3. The molecule has 0 radical (unpaired) electrons. The number of aryl methyl sites for hydroxylation is 1. The number of halogens is 3. The van der Waals surface area contributed by atoms with E-state index in [1.54, 1.807) is 0 Å². The van der Waals surface area contributed by atoms with E-state index in [4.69, 9.17) is 10.5 Å². The molecule has 0 aliphatic carbocycles. The zero-order valence-corrected chi connectivity index (χ0v) is 16.0. The van der Waals surface area contributed by atoms with Crippen LogP contribution in [0.25, 0.3) is 10.8 Å². The molecule has 0 saturated carbocycles. The summed E-state index contributed by atoms with van der Waals surface area (Å²) < 4.78 is 46.0. The van der Waals surface area contributed by atoms with Crippen molar-refractivity contribution in [2.45, 2.75) is 32.4 Å². The van der Waals surface area contributed by atoms with Crippen molar-refractivity contribution in [3.8, 4) is 5.75 Å². The van der Waals surface area contributed by atoms with Gasteiger partial charge in [-0.25, -0.2) is 0 Å². The summed E-state index contributed by atoms with van der Waals surface area (Å²) in [5.41, 5.74) is 5.02. The van der Waals surface area contributed by atoms with E-state index in [-0.39, 0.29) is 28.6 Å². The average molecular weight is 396 g/mol. The summed E-state index contributed by atoms with van der Waals surface area (Å²) >= 11 is 0. The van der Waals surface area contributed by atoms with E-state index >= 15 is 0 Å². The molecule has 0 bridgehead atoms. The molecule has 0 aromatic heterocycles. The van der Waals surface area contributed by atoms with Crippen LogP contribution in [0.1, 0.15) is 41.3 Å². The Hall–Kier alpha value is -2.77. The fraction of sp³-hybridized carbons (Fsp3) is 0.400. The first kappa shape index (κ1) is 21.5. The molecule has 0 saturated heterocycles. The molecule has 2 amide bonds. The van der Waals surface area contributed by atoms with Crippen LogP contribution in [0.4, 0.5) is 13.2 Å². The molecule has 2 N–H and O–H groups in total. The Morgan fingerprint density at radius 1 is 1.14 bits per heavy atom. The third-order valence-corrected chi connectivity index (χ3v) is 4.51. The highest BCUT2D eigenvalue weighted by molar-refractivity contribution is 6.10. The Morgan fingerprint density at radius 3 is 2.32 bits per heavy atom. The van der Waals surface area contributed by atoms with Gasteiger partial charge < -0.3 is 15.4 Å². The predicted octanol–water partition coefficient (Wildman–Crippen LogP) is 3.77. The second kappa shape index (κ2) is 8.50. The van der Waals surface area contributed by atoms with Gasteiger partial charge in [0.05, 0.1) is 19.2 Å². The molecule has 152 valence electrons. The highest BCUT2D eigenvalue weighted by Crippen LogP contribution is 2.42. The van der Waals surface area contributed by atoms with Gasteiger partial charge in [-0.05, 0) is 41.3 Å². The molecule has 2 aromatic rings. The standard InChI is InChI=1S/C20H23F3N2O3/c1-4-5-6-12-7-8-14-13(17(12)19(27)25(2)11-16(24)26)9-10-15(28-3)18(14)20(21,22)23/h7-10H,4-6,11H2,1-3H3,(H2,24,26). The molecule has 0 heterocycles. The van der Waals surface area contributed by atoms with Crippen LogP contribution in [0.5, 0.6) is 5.75 Å². The monoisotopic (exact) mass is 396 g/mol. The van der Waals surface area contributed by atoms with Gasteiger partial charge in [0.15, 0.2) is 0 Å². The highest BCUT2D eigenvalue weighted by atomic mass is 19.4. The number of methoxy groups -OCH3 is 1. The molecule has 0 spiro atoms. The number of fused-ring (bicyclic) bond motifs is 1. The predicted molar refractivity (Wildman–Crippen MR) is 100 cm³/mol. The summed E-state index contributed by atoms with van der Waals surface area (Å²) in [4.78, 5) is 25.3. The van der Waals surface area contributed by atoms with Crippen LogP contribution in [0.15, 0.2) is 24.3 Å². The lowest BCUT2D eigenvalue weighted by Crippen LogP contribution is -2.36. The summed E-state index contributed by atoms with van der Waals surface area (Å²) in [7, 11) is 2.56. The van der Waals surface area contributed by atoms with Crippen molar-refractivity contribution in [2.24, 2.45) is 5.73 Å². The van der Waals surface area contributed by atoms with Gasteiger partial charge in [0.25, 0.3) is 5.91 Å². The zero-order valence-electron chi connectivity index (χ0n) is 16.0. The number of alkyl halides is 3. The molecule has 8 heteroatoms. The minimum Gasteiger partial charge on any atom is -0.496 e. The number of rotatable bonds is 7. The molecule has 2 rings (SSSR count). The van der Waals surface area contributed by atoms with Gasteiger partial charge in [0.2, 0.25) is 5.91 Å². The number of hydrogen-bond acceptors (Lipinski definition) is 3. The molecule has 0 atom stereocenters. The molecular weight excluding hydrogens is 373 g/mol. The van der Waals surface area contributed by atoms with E-state index in [2.05, 4.69) is 0 Å². The molecule has 0 aliphatic heterocycles. The van der Waals surface area contributed by atoms with Crippen LogP contribution in [-0.2, 0) is 17.4 Å². The Bertz CT molecular complexity index is 894. The number of amides is 2. The van der Waals surface area contributed by atoms with Crippen LogP contribution in [0, 0.1) is 0 Å². The number of carbonyl (C=O) groups is 2. The lowest BCUT2D eigenvalue weighted by atomic mass is 9.92. The number of benzene rings is 2. The van der Waals surface area contributed by atoms with Crippen molar-refractivity contribution in [1.29, 1.82) is 0 Å². The molecule has 2 aromatic carbocycles. The largest absolute Gasteiger partial charge is 0.496 e. The number of primary amides is 1. The summed E-state index contributed by atoms with van der Waals surface area (Å²) in [6, 6.07) is 5.57. The maximum Gasteiger partial charge on any atom is 0.420 e. The Labute approximate surface area is 161 Å². The van der Waals surface area contributed by atoms with E-state index in [0.717, 1.165) is 17.7 Å². The van der Waals surface area contributed by atoms with Gasteiger partial charge in [-0.15, -0.1) is 0 Å². The van der Waals surface area contributed by atoms with Gasteiger partial charge in [0.1, 0.15) is 11.3 Å². The lowest BCUT2D eigenvalue weighted by molar-refractivity contribution is -0.137. The molecule has 28 heavy (non-hydrogen) atoms. The highest BCUT2D eigenvalue weighted by Gasteiger charge is 2.37. The lowest BCUT2D eigenvalue weighted by Gasteiger charge is -2.21. The van der Waals surface area contributed by atoms with E-state index in [0.29, 0.717) is 12.0 Å². The van der Waals surface area contributed by atoms with Crippen molar-refractivity contribution in [2.75, 3.05) is 20.7 Å². The quantitative estimate of drug-likeness (QED) is 0.774. The first-order valence-electron chi connectivity index (χ1n) is 8.85. The summed E-state index contributed by atoms with van der Waals surface area (Å²) in [6.45, 7) is 1.65. The minimum atomic E-state index is -4.66. The van der Waals surface area contributed by atoms with Gasteiger partial charge in [-0.3, -0.25) is 9.59 Å². The number of nitrogens with zero attached hydrogens (tertiary/aromatic N) is 1. The van der Waals surface area contributed by atoms with E-state index in [1.807, 2.05) is 6.92 Å². The minimum absolute atomic E-state index is 0.122. The van der Waals surface area contributed by atoms with Gasteiger partial charge in [0, 0.05) is 7.05 Å². The van der Waals surface area contributed by atoms with E-state index < -0.39 is 23.6 Å². The third-order valence-electron chi connectivity index (χ3n) is 4.51. The van der Waals surface area contributed by atoms with Crippen molar-refractivity contribution in [3.05, 3.63) is 41.0 Å². The summed E-state index contributed by atoms with van der Waals surface area (Å²) in [6.07, 6.45) is -2.49. The molecule has 0 aliphatic rings. The summed E-state index contributed by atoms with van der Waals surface area (Å²) in [5, 5.41) is 0.0472. The number of hydrogen-bond donors (Lipinski definition) is 1. The normalized spacial score (nSPS) is 11.5. The number of unbranched alkanes of at least 4 members (excludes halogenated alkanes) is 1. The fourth-order valence-electron chi connectivity index (χ4n) is 3.22. The first-order valence-corrected chi connectivity index (χ1v) is 8.85. The van der Waals surface area contributed by atoms with Gasteiger partial charge in [-0.2, -0.15) is 13.2 Å². The molecule has 0 unspecified atom stereocenters. The van der Waals surface area contributed by atoms with Crippen molar-refractivity contribution in [3.63, 3.8) is 0 Å². The average Bonchev–Trinajstić information content (AvgIpc) is 2.62. The number of ether oxygens (including phenoxy) is 1. The molecule has 5 nitrogen and oxygen atoms in total. The van der Waals surface area contributed by atoms with Crippen LogP contribution < -0.4 is 10.5 Å². The Balaban J connectivity index is 2.79. The maximum absolute atomic E-state index is 13.7. The topological polar surface area (TPSA) is 72.6 Å². The number of nitrogens with two attached hydrogens (primary N) is 1. The Kier molecular flexibility index (Phi) is 6.53. The van der Waals surface area contributed by atoms with Crippen LogP contribution >= 0.6 is 0 Å².